The number of rotatable bonds is 4. The van der Waals surface area contributed by atoms with Gasteiger partial charge in [-0.1, -0.05) is 13.8 Å². The van der Waals surface area contributed by atoms with E-state index in [9.17, 15) is 9.59 Å². The van der Waals surface area contributed by atoms with Crippen LogP contribution in [0.1, 0.15) is 27.7 Å². The molecule has 1 heterocycles. The fraction of sp³-hybridized carbons (Fsp3) is 0.818. The van der Waals surface area contributed by atoms with Crippen LogP contribution in [-0.4, -0.2) is 36.4 Å². The Kier molecular flexibility index (Phi) is 5.89. The zero-order chi connectivity index (χ0) is 13.2. The Morgan fingerprint density at radius 2 is 2.11 bits per heavy atom. The first-order valence-electron chi connectivity index (χ1n) is 5.67. The van der Waals surface area contributed by atoms with E-state index in [2.05, 4.69) is 5.32 Å². The molecular formula is C11H21ClN2O4. The van der Waals surface area contributed by atoms with Gasteiger partial charge in [-0.25, -0.2) is 4.79 Å². The number of hydrogen-bond acceptors (Lipinski definition) is 5. The average molecular weight is 281 g/mol. The Morgan fingerprint density at radius 3 is 2.50 bits per heavy atom. The number of amides is 1. The van der Waals surface area contributed by atoms with E-state index in [4.69, 9.17) is 15.2 Å². The summed E-state index contributed by atoms with van der Waals surface area (Å²) in [5.74, 6) is -0.476. The molecule has 1 amide bonds. The third-order valence-corrected chi connectivity index (χ3v) is 2.81. The summed E-state index contributed by atoms with van der Waals surface area (Å²) in [5.41, 5.74) is 4.81. The van der Waals surface area contributed by atoms with Gasteiger partial charge in [0.25, 0.3) is 0 Å². The van der Waals surface area contributed by atoms with E-state index in [-0.39, 0.29) is 18.3 Å². The van der Waals surface area contributed by atoms with Crippen LogP contribution in [0, 0.1) is 5.92 Å². The minimum atomic E-state index is -0.886. The molecule has 6 nitrogen and oxygen atoms in total. The molecule has 18 heavy (non-hydrogen) atoms. The number of halogens is 1. The lowest BCUT2D eigenvalue weighted by Gasteiger charge is -2.30. The molecule has 0 bridgehead atoms. The van der Waals surface area contributed by atoms with E-state index in [1.807, 2.05) is 13.8 Å². The molecule has 1 aliphatic rings. The monoisotopic (exact) mass is 280 g/mol. The van der Waals surface area contributed by atoms with Crippen molar-refractivity contribution in [1.82, 2.24) is 5.32 Å². The van der Waals surface area contributed by atoms with Crippen LogP contribution in [0.3, 0.4) is 0 Å². The second kappa shape index (κ2) is 6.24. The van der Waals surface area contributed by atoms with Gasteiger partial charge in [0.1, 0.15) is 11.6 Å². The van der Waals surface area contributed by atoms with Gasteiger partial charge < -0.3 is 20.5 Å². The predicted molar refractivity (Wildman–Crippen MR) is 68.5 cm³/mol. The Morgan fingerprint density at radius 1 is 1.56 bits per heavy atom. The lowest BCUT2D eigenvalue weighted by Crippen LogP contribution is -2.48. The predicted octanol–water partition coefficient (Wildman–Crippen LogP) is 0.822. The zero-order valence-electron chi connectivity index (χ0n) is 11.1. The fourth-order valence-electron chi connectivity index (χ4n) is 1.44. The SMILES string of the molecule is CC(C)[C@H](N)C(=O)OC(C)(C)[C@@H]1CNC(=O)O1.Cl. The highest BCUT2D eigenvalue weighted by atomic mass is 35.5. The second-order valence-corrected chi connectivity index (χ2v) is 5.07. The van der Waals surface area contributed by atoms with E-state index in [1.54, 1.807) is 13.8 Å². The molecule has 1 rings (SSSR count). The first-order chi connectivity index (χ1) is 7.74. The lowest BCUT2D eigenvalue weighted by atomic mass is 10.0. The molecule has 0 saturated carbocycles. The molecule has 1 fully saturated rings. The van der Waals surface area contributed by atoms with E-state index in [0.717, 1.165) is 0 Å². The van der Waals surface area contributed by atoms with Crippen LogP contribution >= 0.6 is 12.4 Å². The molecule has 0 radical (unpaired) electrons. The van der Waals surface area contributed by atoms with Crippen molar-refractivity contribution in [2.75, 3.05) is 6.54 Å². The first kappa shape index (κ1) is 17.0. The molecule has 0 aliphatic carbocycles. The van der Waals surface area contributed by atoms with Crippen molar-refractivity contribution in [2.24, 2.45) is 11.7 Å². The number of hydrogen-bond donors (Lipinski definition) is 2. The number of ether oxygens (including phenoxy) is 2. The molecule has 0 aromatic heterocycles. The molecule has 0 unspecified atom stereocenters. The van der Waals surface area contributed by atoms with Gasteiger partial charge in [-0.3, -0.25) is 4.79 Å². The van der Waals surface area contributed by atoms with Crippen molar-refractivity contribution < 1.29 is 19.1 Å². The summed E-state index contributed by atoms with van der Waals surface area (Å²) in [6, 6.07) is -0.667. The summed E-state index contributed by atoms with van der Waals surface area (Å²) in [7, 11) is 0. The second-order valence-electron chi connectivity index (χ2n) is 5.07. The van der Waals surface area contributed by atoms with Crippen molar-refractivity contribution in [3.63, 3.8) is 0 Å². The standard InChI is InChI=1S/C11H20N2O4.ClH/c1-6(2)8(12)9(14)17-11(3,4)7-5-13-10(15)16-7;/h6-8H,5,12H2,1-4H3,(H,13,15);1H/t7-,8-;/m0./s1. The maximum absolute atomic E-state index is 11.7. The number of nitrogens with one attached hydrogen (secondary N) is 1. The average Bonchev–Trinajstić information content (AvgIpc) is 2.63. The minimum absolute atomic E-state index is 0. The highest BCUT2D eigenvalue weighted by Gasteiger charge is 2.41. The van der Waals surface area contributed by atoms with Crippen molar-refractivity contribution in [3.8, 4) is 0 Å². The molecule has 2 atom stereocenters. The van der Waals surface area contributed by atoms with Crippen LogP contribution in [0.4, 0.5) is 4.79 Å². The third-order valence-electron chi connectivity index (χ3n) is 2.81. The van der Waals surface area contributed by atoms with Crippen LogP contribution in [-0.2, 0) is 14.3 Å². The molecule has 0 spiro atoms. The number of carbonyl (C=O) groups is 2. The van der Waals surface area contributed by atoms with E-state index >= 15 is 0 Å². The normalized spacial score (nSPS) is 20.8. The maximum atomic E-state index is 11.7. The van der Waals surface area contributed by atoms with Gasteiger partial charge in [-0.05, 0) is 19.8 Å². The smallest absolute Gasteiger partial charge is 0.407 e. The van der Waals surface area contributed by atoms with Crippen molar-refractivity contribution in [3.05, 3.63) is 0 Å². The van der Waals surface area contributed by atoms with Crippen LogP contribution in [0.5, 0.6) is 0 Å². The molecule has 3 N–H and O–H groups in total. The summed E-state index contributed by atoms with van der Waals surface area (Å²) in [6.45, 7) is 7.41. The quantitative estimate of drug-likeness (QED) is 0.744. The lowest BCUT2D eigenvalue weighted by molar-refractivity contribution is -0.167. The summed E-state index contributed by atoms with van der Waals surface area (Å²) in [6.07, 6.45) is -0.981. The Balaban J connectivity index is 0.00000289. The summed E-state index contributed by atoms with van der Waals surface area (Å²) in [5, 5.41) is 2.52. The Labute approximate surface area is 113 Å². The van der Waals surface area contributed by atoms with Crippen molar-refractivity contribution in [2.45, 2.75) is 45.4 Å². The molecule has 0 aromatic rings. The van der Waals surface area contributed by atoms with E-state index in [0.29, 0.717) is 6.54 Å². The summed E-state index contributed by atoms with van der Waals surface area (Å²) >= 11 is 0. The zero-order valence-corrected chi connectivity index (χ0v) is 11.9. The van der Waals surface area contributed by atoms with Crippen LogP contribution in [0.25, 0.3) is 0 Å². The fourth-order valence-corrected chi connectivity index (χ4v) is 1.44. The topological polar surface area (TPSA) is 90.7 Å². The van der Waals surface area contributed by atoms with Gasteiger partial charge >= 0.3 is 12.1 Å². The van der Waals surface area contributed by atoms with E-state index < -0.39 is 29.8 Å². The maximum Gasteiger partial charge on any atom is 0.407 e. The highest BCUT2D eigenvalue weighted by Crippen LogP contribution is 2.22. The number of cyclic esters (lactones) is 1. The van der Waals surface area contributed by atoms with E-state index in [1.165, 1.54) is 0 Å². The van der Waals surface area contributed by atoms with Gasteiger partial charge in [0.15, 0.2) is 6.10 Å². The van der Waals surface area contributed by atoms with Gasteiger partial charge in [-0.2, -0.15) is 0 Å². The van der Waals surface area contributed by atoms with Crippen LogP contribution < -0.4 is 11.1 Å². The Bertz CT molecular complexity index is 320. The van der Waals surface area contributed by atoms with Gasteiger partial charge in [0.05, 0.1) is 6.54 Å². The first-order valence-corrected chi connectivity index (χ1v) is 5.67. The molecule has 106 valence electrons. The van der Waals surface area contributed by atoms with Gasteiger partial charge in [0, 0.05) is 0 Å². The van der Waals surface area contributed by atoms with Crippen LogP contribution in [0.15, 0.2) is 0 Å². The number of alkyl carbamates (subject to hydrolysis) is 1. The van der Waals surface area contributed by atoms with Crippen molar-refractivity contribution >= 4 is 24.5 Å². The third kappa shape index (κ3) is 4.03. The summed E-state index contributed by atoms with van der Waals surface area (Å²) < 4.78 is 10.3. The van der Waals surface area contributed by atoms with Crippen LogP contribution in [0.2, 0.25) is 0 Å². The molecule has 7 heteroatoms. The number of nitrogens with two attached hydrogens (primary N) is 1. The largest absolute Gasteiger partial charge is 0.454 e. The number of carbonyl (C=O) groups excluding carboxylic acids is 2. The van der Waals surface area contributed by atoms with Gasteiger partial charge in [0.2, 0.25) is 0 Å². The molecule has 1 saturated heterocycles. The number of esters is 1. The summed E-state index contributed by atoms with van der Waals surface area (Å²) in [4.78, 5) is 22.7. The molecule has 1 aliphatic heterocycles. The molecular weight excluding hydrogens is 260 g/mol. The minimum Gasteiger partial charge on any atom is -0.454 e. The Hall–Kier alpha value is -1.01. The van der Waals surface area contributed by atoms with Gasteiger partial charge in [-0.15, -0.1) is 12.4 Å². The highest BCUT2D eigenvalue weighted by molar-refractivity contribution is 5.85. The molecule has 0 aromatic carbocycles. The van der Waals surface area contributed by atoms with Crippen molar-refractivity contribution in [1.29, 1.82) is 0 Å².